The third kappa shape index (κ3) is 5.46. The van der Waals surface area contributed by atoms with E-state index in [2.05, 4.69) is 37.5 Å². The number of carbonyl (C=O) groups is 2. The Kier molecular flexibility index (Phi) is 7.96. The largest absolute Gasteiger partial charge is 0.338 e. The van der Waals surface area contributed by atoms with Crippen LogP contribution in [0.25, 0.3) is 0 Å². The van der Waals surface area contributed by atoms with Gasteiger partial charge in [-0.05, 0) is 74.3 Å². The summed E-state index contributed by atoms with van der Waals surface area (Å²) in [5, 5.41) is 1.81. The van der Waals surface area contributed by atoms with Crippen molar-refractivity contribution in [3.8, 4) is 0 Å². The Morgan fingerprint density at radius 1 is 1.05 bits per heavy atom. The van der Waals surface area contributed by atoms with E-state index in [-0.39, 0.29) is 23.1 Å². The van der Waals surface area contributed by atoms with Crippen molar-refractivity contribution in [1.82, 2.24) is 9.80 Å². The molecule has 0 aromatic heterocycles. The smallest absolute Gasteiger partial charge is 0.253 e. The molecule has 4 aliphatic heterocycles. The van der Waals surface area contributed by atoms with E-state index in [0.717, 1.165) is 49.9 Å². The van der Waals surface area contributed by atoms with Gasteiger partial charge >= 0.3 is 0 Å². The molecule has 7 nitrogen and oxygen atoms in total. The summed E-state index contributed by atoms with van der Waals surface area (Å²) in [7, 11) is 0. The molecule has 4 heterocycles. The van der Waals surface area contributed by atoms with Gasteiger partial charge in [-0.2, -0.15) is 0 Å². The van der Waals surface area contributed by atoms with E-state index >= 15 is 0 Å². The number of aliphatic imine (C=N–C) groups is 1. The van der Waals surface area contributed by atoms with E-state index in [4.69, 9.17) is 4.99 Å². The van der Waals surface area contributed by atoms with Crippen LogP contribution in [0.4, 0.5) is 11.4 Å². The Balaban J connectivity index is 1.44. The van der Waals surface area contributed by atoms with Crippen molar-refractivity contribution in [2.45, 2.75) is 64.7 Å². The summed E-state index contributed by atoms with van der Waals surface area (Å²) in [6.45, 7) is 14.2. The number of fused-ring (bicyclic) bond motifs is 4. The fourth-order valence-electron chi connectivity index (χ4n) is 5.87. The lowest BCUT2D eigenvalue weighted by Gasteiger charge is -2.31. The summed E-state index contributed by atoms with van der Waals surface area (Å²) < 4.78 is 0. The Hall–Kier alpha value is -2.32. The predicted octanol–water partition coefficient (Wildman–Crippen LogP) is 4.84. The molecule has 0 bridgehead atoms. The van der Waals surface area contributed by atoms with Gasteiger partial charge in [0.15, 0.2) is 0 Å². The van der Waals surface area contributed by atoms with Crippen molar-refractivity contribution in [3.63, 3.8) is 0 Å². The Morgan fingerprint density at radius 3 is 2.49 bits per heavy atom. The number of amides is 2. The summed E-state index contributed by atoms with van der Waals surface area (Å²) in [6.07, 6.45) is 6.92. The molecule has 4 aliphatic rings. The first-order valence-corrected chi connectivity index (χ1v) is 14.9. The van der Waals surface area contributed by atoms with Gasteiger partial charge in [0, 0.05) is 25.2 Å². The van der Waals surface area contributed by atoms with Gasteiger partial charge in [0.05, 0.1) is 17.4 Å². The molecule has 0 N–H and O–H groups in total. The highest BCUT2D eigenvalue weighted by molar-refractivity contribution is 8.03. The monoisotopic (exact) mass is 523 g/mol. The van der Waals surface area contributed by atoms with Crippen LogP contribution in [0.2, 0.25) is 0 Å². The van der Waals surface area contributed by atoms with Gasteiger partial charge in [0.2, 0.25) is 11.9 Å². The first-order chi connectivity index (χ1) is 17.8. The topological polar surface area (TPSA) is 59.5 Å². The SMILES string of the molecule is CC(C)CN(CC(C)C)C(=O)c1ccc2c(c1)N(CCCN1CCCCC1)C1=NC3C=CSC3C(=O)N12. The number of guanidine groups is 1. The maximum atomic E-state index is 13.7. The molecule has 1 aromatic rings. The molecule has 1 saturated heterocycles. The van der Waals surface area contributed by atoms with Gasteiger partial charge in [-0.25, -0.2) is 9.89 Å². The number of hydrogen-bond donors (Lipinski definition) is 0. The number of rotatable bonds is 9. The first kappa shape index (κ1) is 26.3. The highest BCUT2D eigenvalue weighted by Gasteiger charge is 2.47. The lowest BCUT2D eigenvalue weighted by atomic mass is 10.1. The third-order valence-electron chi connectivity index (χ3n) is 7.50. The average molecular weight is 524 g/mol. The van der Waals surface area contributed by atoms with E-state index < -0.39 is 0 Å². The predicted molar refractivity (Wildman–Crippen MR) is 154 cm³/mol. The molecule has 8 heteroatoms. The van der Waals surface area contributed by atoms with Gasteiger partial charge in [0.1, 0.15) is 5.25 Å². The number of carbonyl (C=O) groups excluding carboxylic acids is 2. The van der Waals surface area contributed by atoms with Crippen LogP contribution >= 0.6 is 11.8 Å². The maximum Gasteiger partial charge on any atom is 0.253 e. The van der Waals surface area contributed by atoms with Crippen LogP contribution in [0.5, 0.6) is 0 Å². The minimum absolute atomic E-state index is 0.0620. The second-order valence-corrected chi connectivity index (χ2v) is 12.6. The fourth-order valence-corrected chi connectivity index (χ4v) is 6.83. The molecular weight excluding hydrogens is 482 g/mol. The standard InChI is InChI=1S/C29H41N5O2S/c1-20(2)18-32(19-21(3)4)27(35)22-9-10-24-25(17-22)33(15-8-14-31-12-6-5-7-13-31)29-30-23-11-16-37-26(23)28(36)34(24)29/h9-11,16-17,20-21,23,26H,5-8,12-15,18-19H2,1-4H3. The molecule has 2 amide bonds. The molecule has 1 aromatic carbocycles. The number of likely N-dealkylation sites (tertiary alicyclic amines) is 1. The van der Waals surface area contributed by atoms with Crippen LogP contribution in [0.3, 0.4) is 0 Å². The lowest BCUT2D eigenvalue weighted by molar-refractivity contribution is -0.117. The minimum Gasteiger partial charge on any atom is -0.338 e. The number of thioether (sulfide) groups is 1. The Morgan fingerprint density at radius 2 is 1.78 bits per heavy atom. The zero-order valence-corrected chi connectivity index (χ0v) is 23.5. The molecule has 0 aliphatic carbocycles. The van der Waals surface area contributed by atoms with E-state index in [1.807, 2.05) is 34.6 Å². The van der Waals surface area contributed by atoms with Crippen LogP contribution < -0.4 is 9.80 Å². The van der Waals surface area contributed by atoms with Crippen LogP contribution in [-0.2, 0) is 4.79 Å². The second kappa shape index (κ2) is 11.2. The van der Waals surface area contributed by atoms with Crippen molar-refractivity contribution in [2.24, 2.45) is 16.8 Å². The van der Waals surface area contributed by atoms with Crippen molar-refractivity contribution in [3.05, 3.63) is 35.2 Å². The number of anilines is 2. The summed E-state index contributed by atoms with van der Waals surface area (Å²) in [5.74, 6) is 1.67. The summed E-state index contributed by atoms with van der Waals surface area (Å²) in [4.78, 5) is 40.8. The molecule has 2 unspecified atom stereocenters. The van der Waals surface area contributed by atoms with Crippen LogP contribution in [0.1, 0.15) is 63.7 Å². The second-order valence-electron chi connectivity index (χ2n) is 11.6. The first-order valence-electron chi connectivity index (χ1n) is 14.0. The van der Waals surface area contributed by atoms with Gasteiger partial charge < -0.3 is 14.7 Å². The van der Waals surface area contributed by atoms with Gasteiger partial charge in [-0.15, -0.1) is 11.8 Å². The zero-order chi connectivity index (χ0) is 26.1. The van der Waals surface area contributed by atoms with Crippen LogP contribution in [0, 0.1) is 11.8 Å². The van der Waals surface area contributed by atoms with Gasteiger partial charge in [0.25, 0.3) is 5.91 Å². The van der Waals surface area contributed by atoms with E-state index in [0.29, 0.717) is 17.4 Å². The Bertz CT molecular complexity index is 1070. The highest BCUT2D eigenvalue weighted by atomic mass is 32.2. The van der Waals surface area contributed by atoms with Crippen molar-refractivity contribution >= 4 is 40.9 Å². The van der Waals surface area contributed by atoms with E-state index in [9.17, 15) is 9.59 Å². The molecule has 0 spiro atoms. The molecule has 5 rings (SSSR count). The lowest BCUT2D eigenvalue weighted by Crippen LogP contribution is -2.52. The third-order valence-corrected chi connectivity index (χ3v) is 8.59. The normalized spacial score (nSPS) is 23.0. The van der Waals surface area contributed by atoms with Crippen molar-refractivity contribution < 1.29 is 9.59 Å². The number of nitrogens with zero attached hydrogens (tertiary/aromatic N) is 5. The Labute approximate surface area is 225 Å². The number of hydrogen-bond acceptors (Lipinski definition) is 6. The fraction of sp³-hybridized carbons (Fsp3) is 0.621. The van der Waals surface area contributed by atoms with E-state index in [1.54, 1.807) is 16.7 Å². The molecule has 1 fully saturated rings. The quantitative estimate of drug-likeness (QED) is 0.464. The molecule has 2 atom stereocenters. The summed E-state index contributed by atoms with van der Waals surface area (Å²) >= 11 is 1.55. The van der Waals surface area contributed by atoms with Crippen molar-refractivity contribution in [2.75, 3.05) is 49.1 Å². The van der Waals surface area contributed by atoms with Gasteiger partial charge in [-0.3, -0.25) is 9.59 Å². The van der Waals surface area contributed by atoms with Gasteiger partial charge in [-0.1, -0.05) is 40.2 Å². The molecule has 0 radical (unpaired) electrons. The highest BCUT2D eigenvalue weighted by Crippen LogP contribution is 2.43. The molecule has 0 saturated carbocycles. The number of piperidine rings is 1. The molecule has 37 heavy (non-hydrogen) atoms. The summed E-state index contributed by atoms with van der Waals surface area (Å²) in [5.41, 5.74) is 2.46. The van der Waals surface area contributed by atoms with Crippen molar-refractivity contribution in [1.29, 1.82) is 0 Å². The van der Waals surface area contributed by atoms with E-state index in [1.165, 1.54) is 32.4 Å². The summed E-state index contributed by atoms with van der Waals surface area (Å²) in [6, 6.07) is 5.73. The minimum atomic E-state index is -0.196. The van der Waals surface area contributed by atoms with Crippen LogP contribution in [-0.4, -0.2) is 78.1 Å². The molecular formula is C29H41N5O2S. The zero-order valence-electron chi connectivity index (χ0n) is 22.7. The maximum absolute atomic E-state index is 13.7. The average Bonchev–Trinajstić information content (AvgIpc) is 3.46. The molecule has 200 valence electrons. The number of benzene rings is 1. The van der Waals surface area contributed by atoms with Crippen LogP contribution in [0.15, 0.2) is 34.7 Å².